The smallest absolute Gasteiger partial charge is 0.243 e. The summed E-state index contributed by atoms with van der Waals surface area (Å²) in [6.45, 7) is 3.06. The van der Waals surface area contributed by atoms with E-state index in [0.717, 1.165) is 32.1 Å². The van der Waals surface area contributed by atoms with Gasteiger partial charge in [0.15, 0.2) is 0 Å². The highest BCUT2D eigenvalue weighted by molar-refractivity contribution is 5.88. The summed E-state index contributed by atoms with van der Waals surface area (Å²) in [6.07, 6.45) is 9.34. The Labute approximate surface area is 146 Å². The lowest BCUT2D eigenvalue weighted by Gasteiger charge is -2.37. The van der Waals surface area contributed by atoms with E-state index in [4.69, 9.17) is 5.73 Å². The van der Waals surface area contributed by atoms with E-state index in [2.05, 4.69) is 5.32 Å². The van der Waals surface area contributed by atoms with Crippen LogP contribution < -0.4 is 11.1 Å². The Morgan fingerprint density at radius 2 is 1.78 bits per heavy atom. The Hall–Kier alpha value is -0.810. The van der Waals surface area contributed by atoms with Gasteiger partial charge in [0, 0.05) is 25.6 Å². The molecule has 2 fully saturated rings. The van der Waals surface area contributed by atoms with Gasteiger partial charge >= 0.3 is 0 Å². The molecule has 0 spiro atoms. The van der Waals surface area contributed by atoms with Crippen LogP contribution in [0.1, 0.15) is 64.7 Å². The second-order valence-corrected chi connectivity index (χ2v) is 6.70. The molecule has 0 bridgehead atoms. The van der Waals surface area contributed by atoms with Crippen LogP contribution in [0.4, 0.5) is 0 Å². The molecule has 2 rings (SSSR count). The van der Waals surface area contributed by atoms with Gasteiger partial charge in [0.05, 0.1) is 0 Å². The van der Waals surface area contributed by atoms with E-state index in [-0.39, 0.29) is 36.3 Å². The first-order valence-electron chi connectivity index (χ1n) is 8.97. The fraction of sp³-hybridized carbons (Fsp3) is 0.882. The third-order valence-corrected chi connectivity index (χ3v) is 5.23. The first kappa shape index (κ1) is 20.2. The molecule has 2 unspecified atom stereocenters. The zero-order valence-electron chi connectivity index (χ0n) is 14.3. The summed E-state index contributed by atoms with van der Waals surface area (Å²) in [5.41, 5.74) is 5.91. The minimum absolute atomic E-state index is 0. The summed E-state index contributed by atoms with van der Waals surface area (Å²) in [5, 5.41) is 3.16. The molecule has 1 heterocycles. The molecule has 0 aromatic heterocycles. The van der Waals surface area contributed by atoms with Crippen LogP contribution in [0.5, 0.6) is 0 Å². The Balaban J connectivity index is 0.00000264. The van der Waals surface area contributed by atoms with Gasteiger partial charge < -0.3 is 16.0 Å². The first-order chi connectivity index (χ1) is 10.7. The molecule has 5 nitrogen and oxygen atoms in total. The number of carbonyl (C=O) groups is 2. The minimum Gasteiger partial charge on any atom is -0.350 e. The Morgan fingerprint density at radius 3 is 2.39 bits per heavy atom. The lowest BCUT2D eigenvalue weighted by Crippen LogP contribution is -2.56. The molecule has 0 aromatic rings. The van der Waals surface area contributed by atoms with E-state index in [1.807, 2.05) is 6.92 Å². The van der Waals surface area contributed by atoms with Gasteiger partial charge in [-0.2, -0.15) is 0 Å². The largest absolute Gasteiger partial charge is 0.350 e. The van der Waals surface area contributed by atoms with E-state index >= 15 is 0 Å². The van der Waals surface area contributed by atoms with E-state index in [9.17, 15) is 9.59 Å². The molecule has 1 aliphatic heterocycles. The molecule has 1 saturated carbocycles. The number of piperidine rings is 1. The van der Waals surface area contributed by atoms with E-state index in [1.165, 1.54) is 19.3 Å². The Kier molecular flexibility index (Phi) is 8.92. The molecule has 0 radical (unpaired) electrons. The van der Waals surface area contributed by atoms with Crippen LogP contribution in [0.25, 0.3) is 0 Å². The predicted octanol–water partition coefficient (Wildman–Crippen LogP) is 2.22. The molecule has 2 amide bonds. The van der Waals surface area contributed by atoms with Crippen molar-refractivity contribution in [3.05, 3.63) is 0 Å². The van der Waals surface area contributed by atoms with E-state index < -0.39 is 0 Å². The number of nitrogens with one attached hydrogen (secondary N) is 1. The molecule has 6 heteroatoms. The number of hydrogen-bond donors (Lipinski definition) is 2. The molecular formula is C17H32ClN3O2. The number of halogens is 1. The van der Waals surface area contributed by atoms with Gasteiger partial charge in [0.25, 0.3) is 0 Å². The van der Waals surface area contributed by atoms with Crippen molar-refractivity contribution in [1.82, 2.24) is 10.2 Å². The van der Waals surface area contributed by atoms with Crippen LogP contribution >= 0.6 is 12.4 Å². The molecular weight excluding hydrogens is 314 g/mol. The van der Waals surface area contributed by atoms with Crippen LogP contribution in [-0.2, 0) is 9.59 Å². The number of carbonyl (C=O) groups excluding carboxylic acids is 2. The van der Waals surface area contributed by atoms with E-state index in [1.54, 1.807) is 4.90 Å². The van der Waals surface area contributed by atoms with Crippen molar-refractivity contribution in [2.24, 2.45) is 11.7 Å². The number of hydrogen-bond acceptors (Lipinski definition) is 3. The standard InChI is InChI=1S/C17H31N3O2.ClH/c1-2-16(21)20-11-7-6-10-15(20)17(22)19-14(12-18)13-8-4-3-5-9-13;/h13-15H,2-12,18H2,1H3,(H,19,22);1H. The summed E-state index contributed by atoms with van der Waals surface area (Å²) >= 11 is 0. The molecule has 2 aliphatic rings. The summed E-state index contributed by atoms with van der Waals surface area (Å²) in [5.74, 6) is 0.589. The van der Waals surface area contributed by atoms with Crippen LogP contribution in [0.15, 0.2) is 0 Å². The molecule has 2 atom stereocenters. The average molecular weight is 346 g/mol. The zero-order chi connectivity index (χ0) is 15.9. The highest BCUT2D eigenvalue weighted by Gasteiger charge is 2.33. The number of amides is 2. The highest BCUT2D eigenvalue weighted by atomic mass is 35.5. The number of nitrogens with zero attached hydrogens (tertiary/aromatic N) is 1. The third kappa shape index (κ3) is 5.35. The van der Waals surface area contributed by atoms with Crippen LogP contribution in [0, 0.1) is 5.92 Å². The van der Waals surface area contributed by atoms with Gasteiger partial charge in [-0.25, -0.2) is 0 Å². The quantitative estimate of drug-likeness (QED) is 0.802. The number of nitrogens with two attached hydrogens (primary N) is 1. The molecule has 3 N–H and O–H groups in total. The van der Waals surface area contributed by atoms with Gasteiger partial charge in [-0.15, -0.1) is 12.4 Å². The maximum absolute atomic E-state index is 12.7. The minimum atomic E-state index is -0.293. The van der Waals surface area contributed by atoms with Gasteiger partial charge in [-0.05, 0) is 38.0 Å². The summed E-state index contributed by atoms with van der Waals surface area (Å²) in [7, 11) is 0. The first-order valence-corrected chi connectivity index (χ1v) is 8.97. The second kappa shape index (κ2) is 10.1. The van der Waals surface area contributed by atoms with Crippen molar-refractivity contribution in [1.29, 1.82) is 0 Å². The molecule has 0 aromatic carbocycles. The van der Waals surface area contributed by atoms with Gasteiger partial charge in [0.2, 0.25) is 11.8 Å². The molecule has 1 aliphatic carbocycles. The van der Waals surface area contributed by atoms with Crippen molar-refractivity contribution >= 4 is 24.2 Å². The molecule has 134 valence electrons. The summed E-state index contributed by atoms with van der Waals surface area (Å²) in [4.78, 5) is 26.5. The van der Waals surface area contributed by atoms with Crippen LogP contribution in [0.2, 0.25) is 0 Å². The van der Waals surface area contributed by atoms with Crippen molar-refractivity contribution < 1.29 is 9.59 Å². The van der Waals surface area contributed by atoms with Crippen LogP contribution in [-0.4, -0.2) is 41.9 Å². The highest BCUT2D eigenvalue weighted by Crippen LogP contribution is 2.26. The Bertz CT molecular complexity index is 386. The third-order valence-electron chi connectivity index (χ3n) is 5.23. The van der Waals surface area contributed by atoms with Gasteiger partial charge in [0.1, 0.15) is 6.04 Å². The maximum Gasteiger partial charge on any atom is 0.243 e. The predicted molar refractivity (Wildman–Crippen MR) is 94.5 cm³/mol. The SMILES string of the molecule is CCC(=O)N1CCCCC1C(=O)NC(CN)C1CCCCC1.Cl. The summed E-state index contributed by atoms with van der Waals surface area (Å²) in [6, 6.07) is -0.229. The van der Waals surface area contributed by atoms with Crippen LogP contribution in [0.3, 0.4) is 0 Å². The Morgan fingerprint density at radius 1 is 1.13 bits per heavy atom. The lowest BCUT2D eigenvalue weighted by atomic mass is 9.83. The summed E-state index contributed by atoms with van der Waals surface area (Å²) < 4.78 is 0. The second-order valence-electron chi connectivity index (χ2n) is 6.70. The van der Waals surface area contributed by atoms with Gasteiger partial charge in [-0.1, -0.05) is 26.2 Å². The van der Waals surface area contributed by atoms with Crippen molar-refractivity contribution in [2.45, 2.75) is 76.8 Å². The molecule has 23 heavy (non-hydrogen) atoms. The monoisotopic (exact) mass is 345 g/mol. The number of rotatable bonds is 5. The lowest BCUT2D eigenvalue weighted by molar-refractivity contribution is -0.142. The zero-order valence-corrected chi connectivity index (χ0v) is 15.1. The maximum atomic E-state index is 12.7. The van der Waals surface area contributed by atoms with Crippen molar-refractivity contribution in [3.8, 4) is 0 Å². The van der Waals surface area contributed by atoms with E-state index in [0.29, 0.717) is 25.4 Å². The van der Waals surface area contributed by atoms with Crippen molar-refractivity contribution in [3.63, 3.8) is 0 Å². The average Bonchev–Trinajstić information content (AvgIpc) is 2.59. The fourth-order valence-corrected chi connectivity index (χ4v) is 3.89. The number of likely N-dealkylation sites (tertiary alicyclic amines) is 1. The van der Waals surface area contributed by atoms with Gasteiger partial charge in [-0.3, -0.25) is 9.59 Å². The molecule has 1 saturated heterocycles. The fourth-order valence-electron chi connectivity index (χ4n) is 3.89. The topological polar surface area (TPSA) is 75.4 Å². The normalized spacial score (nSPS) is 23.7. The van der Waals surface area contributed by atoms with Crippen molar-refractivity contribution in [2.75, 3.05) is 13.1 Å².